The van der Waals surface area contributed by atoms with E-state index in [1.165, 1.54) is 20.8 Å². The number of hydrogen-bond acceptors (Lipinski definition) is 10. The number of aliphatic hydroxyl groups excluding tert-OH is 1. The first-order chi connectivity index (χ1) is 19.5. The van der Waals surface area contributed by atoms with Gasteiger partial charge in [-0.1, -0.05) is 47.7 Å². The summed E-state index contributed by atoms with van der Waals surface area (Å²) in [7, 11) is 0. The van der Waals surface area contributed by atoms with Crippen molar-refractivity contribution in [2.75, 3.05) is 13.2 Å². The van der Waals surface area contributed by atoms with Crippen LogP contribution in [-0.4, -0.2) is 66.6 Å². The molecule has 2 aromatic carbocycles. The van der Waals surface area contributed by atoms with Gasteiger partial charge in [0.25, 0.3) is 0 Å². The predicted octanol–water partition coefficient (Wildman–Crippen LogP) is 3.07. The molecule has 1 N–H and O–H groups in total. The average molecular weight is 587 g/mol. The van der Waals surface area contributed by atoms with Gasteiger partial charge >= 0.3 is 23.9 Å². The number of carbonyl (C=O) groups is 4. The quantitative estimate of drug-likeness (QED) is 0.279. The highest BCUT2D eigenvalue weighted by Crippen LogP contribution is 2.39. The van der Waals surface area contributed by atoms with E-state index in [4.69, 9.17) is 40.4 Å². The lowest BCUT2D eigenvalue weighted by molar-refractivity contribution is -0.254. The minimum Gasteiger partial charge on any atom is -0.463 e. The van der Waals surface area contributed by atoms with Gasteiger partial charge < -0.3 is 28.8 Å². The fourth-order valence-electron chi connectivity index (χ4n) is 4.47. The van der Waals surface area contributed by atoms with Gasteiger partial charge in [0.15, 0.2) is 18.3 Å². The third-order valence-corrected chi connectivity index (χ3v) is 6.42. The standard InChI is InChI=1S/C30H31ClO10/c1-17(33)37-16-26-28(38-18(2)34)30(40-20(4)36)29(39-19(3)35)27(41-26)23-11-12-25(31)24(15-23)14-22-9-7-21(8-10-22)6-5-13-32/h7-12,15,26-30,32H,13-14,16H2,1-4H3/t26-,27?,28-,29+,30?/m1/s1. The summed E-state index contributed by atoms with van der Waals surface area (Å²) >= 11 is 6.54. The Morgan fingerprint density at radius 2 is 1.46 bits per heavy atom. The summed E-state index contributed by atoms with van der Waals surface area (Å²) in [4.78, 5) is 47.8. The molecule has 11 heteroatoms. The Morgan fingerprint density at radius 3 is 2.05 bits per heavy atom. The largest absolute Gasteiger partial charge is 0.463 e. The van der Waals surface area contributed by atoms with Crippen LogP contribution in [0.2, 0.25) is 5.02 Å². The second-order valence-electron chi connectivity index (χ2n) is 9.30. The van der Waals surface area contributed by atoms with Gasteiger partial charge in [0.2, 0.25) is 0 Å². The molecule has 0 saturated carbocycles. The van der Waals surface area contributed by atoms with E-state index in [1.54, 1.807) is 18.2 Å². The summed E-state index contributed by atoms with van der Waals surface area (Å²) in [6.45, 7) is 4.18. The van der Waals surface area contributed by atoms with Crippen molar-refractivity contribution >= 4 is 35.5 Å². The molecule has 10 nitrogen and oxygen atoms in total. The summed E-state index contributed by atoms with van der Waals surface area (Å²) in [5.74, 6) is 2.75. The van der Waals surface area contributed by atoms with Crippen molar-refractivity contribution in [2.24, 2.45) is 0 Å². The molecule has 1 heterocycles. The second-order valence-corrected chi connectivity index (χ2v) is 9.71. The molecular weight excluding hydrogens is 556 g/mol. The highest BCUT2D eigenvalue weighted by atomic mass is 35.5. The third-order valence-electron chi connectivity index (χ3n) is 6.05. The second kappa shape index (κ2) is 14.6. The number of ether oxygens (including phenoxy) is 5. The van der Waals surface area contributed by atoms with Gasteiger partial charge in [0.1, 0.15) is 25.4 Å². The van der Waals surface area contributed by atoms with Gasteiger partial charge in [-0.25, -0.2) is 0 Å². The van der Waals surface area contributed by atoms with Gasteiger partial charge in [0, 0.05) is 38.3 Å². The molecule has 2 unspecified atom stereocenters. The Hall–Kier alpha value is -3.91. The molecule has 0 aromatic heterocycles. The minimum atomic E-state index is -1.27. The van der Waals surface area contributed by atoms with E-state index in [0.29, 0.717) is 17.0 Å². The first kappa shape index (κ1) is 31.6. The van der Waals surface area contributed by atoms with Crippen LogP contribution in [0.1, 0.15) is 56.1 Å². The lowest BCUT2D eigenvalue weighted by atomic mass is 9.89. The molecule has 1 fully saturated rings. The van der Waals surface area contributed by atoms with Crippen LogP contribution in [-0.2, 0) is 49.3 Å². The fraction of sp³-hybridized carbons (Fsp3) is 0.400. The lowest BCUT2D eigenvalue weighted by Crippen LogP contribution is -2.59. The van der Waals surface area contributed by atoms with E-state index in [0.717, 1.165) is 23.6 Å². The Labute approximate surface area is 242 Å². The van der Waals surface area contributed by atoms with Crippen molar-refractivity contribution in [1.29, 1.82) is 0 Å². The lowest BCUT2D eigenvalue weighted by Gasteiger charge is -2.44. The third kappa shape index (κ3) is 9.05. The van der Waals surface area contributed by atoms with Gasteiger partial charge in [0.05, 0.1) is 0 Å². The van der Waals surface area contributed by atoms with Gasteiger partial charge in [-0.05, 0) is 41.3 Å². The molecule has 1 aliphatic rings. The molecule has 1 saturated heterocycles. The monoisotopic (exact) mass is 586 g/mol. The molecule has 0 spiro atoms. The number of esters is 4. The molecule has 218 valence electrons. The summed E-state index contributed by atoms with van der Waals surface area (Å²) in [5.41, 5.74) is 2.94. The SMILES string of the molecule is CC(=O)OC[C@H]1OC(c2ccc(Cl)c(Cc3ccc(C#CCO)cc3)c2)[C@H](OC(C)=O)C(OC(C)=O)[C@@H]1OC(C)=O. The van der Waals surface area contributed by atoms with Crippen molar-refractivity contribution in [3.05, 3.63) is 69.7 Å². The van der Waals surface area contributed by atoms with Crippen LogP contribution >= 0.6 is 11.6 Å². The van der Waals surface area contributed by atoms with E-state index in [9.17, 15) is 19.2 Å². The first-order valence-electron chi connectivity index (χ1n) is 12.8. The topological polar surface area (TPSA) is 135 Å². The smallest absolute Gasteiger partial charge is 0.303 e. The number of benzene rings is 2. The number of halogens is 1. The summed E-state index contributed by atoms with van der Waals surface area (Å²) < 4.78 is 28.0. The number of rotatable bonds is 8. The molecule has 3 rings (SSSR count). The van der Waals surface area contributed by atoms with E-state index in [2.05, 4.69) is 11.8 Å². The normalized spacial score (nSPS) is 21.6. The van der Waals surface area contributed by atoms with E-state index in [-0.39, 0.29) is 13.2 Å². The van der Waals surface area contributed by atoms with E-state index in [1.807, 2.05) is 24.3 Å². The Balaban J connectivity index is 2.03. The van der Waals surface area contributed by atoms with Crippen LogP contribution in [0.3, 0.4) is 0 Å². The molecule has 41 heavy (non-hydrogen) atoms. The molecule has 0 aliphatic carbocycles. The highest BCUT2D eigenvalue weighted by Gasteiger charge is 2.52. The number of carbonyl (C=O) groups excluding carboxylic acids is 4. The fourth-order valence-corrected chi connectivity index (χ4v) is 4.66. The zero-order chi connectivity index (χ0) is 30.1. The van der Waals surface area contributed by atoms with Gasteiger partial charge in [-0.3, -0.25) is 19.2 Å². The molecule has 0 amide bonds. The van der Waals surface area contributed by atoms with Crippen molar-refractivity contribution < 1.29 is 48.0 Å². The van der Waals surface area contributed by atoms with E-state index >= 15 is 0 Å². The molecule has 2 aromatic rings. The van der Waals surface area contributed by atoms with Crippen LogP contribution in [0.5, 0.6) is 0 Å². The number of hydrogen-bond donors (Lipinski definition) is 1. The molecule has 0 radical (unpaired) electrons. The maximum atomic E-state index is 12.2. The van der Waals surface area contributed by atoms with Crippen LogP contribution in [0.15, 0.2) is 42.5 Å². The first-order valence-corrected chi connectivity index (χ1v) is 13.1. The molecule has 5 atom stereocenters. The molecule has 0 bridgehead atoms. The molecular formula is C30H31ClO10. The Morgan fingerprint density at radius 1 is 0.854 bits per heavy atom. The predicted molar refractivity (Wildman–Crippen MR) is 146 cm³/mol. The zero-order valence-corrected chi connectivity index (χ0v) is 23.8. The van der Waals surface area contributed by atoms with Gasteiger partial charge in [-0.15, -0.1) is 0 Å². The van der Waals surface area contributed by atoms with Crippen molar-refractivity contribution in [3.8, 4) is 11.8 Å². The minimum absolute atomic E-state index is 0.233. The Bertz CT molecular complexity index is 1330. The van der Waals surface area contributed by atoms with Crippen LogP contribution in [0, 0.1) is 11.8 Å². The average Bonchev–Trinajstić information content (AvgIpc) is 2.90. The van der Waals surface area contributed by atoms with Crippen molar-refractivity contribution in [1.82, 2.24) is 0 Å². The van der Waals surface area contributed by atoms with Crippen LogP contribution in [0.4, 0.5) is 0 Å². The maximum absolute atomic E-state index is 12.2. The summed E-state index contributed by atoms with van der Waals surface area (Å²) in [5, 5.41) is 9.37. The van der Waals surface area contributed by atoms with Crippen LogP contribution in [0.25, 0.3) is 0 Å². The highest BCUT2D eigenvalue weighted by molar-refractivity contribution is 6.31. The Kier molecular flexibility index (Phi) is 11.3. The van der Waals surface area contributed by atoms with Crippen molar-refractivity contribution in [2.45, 2.75) is 64.6 Å². The maximum Gasteiger partial charge on any atom is 0.303 e. The van der Waals surface area contributed by atoms with E-state index < -0.39 is 54.4 Å². The number of aliphatic hydroxyl groups is 1. The van der Waals surface area contributed by atoms with Crippen LogP contribution < -0.4 is 0 Å². The molecule has 1 aliphatic heterocycles. The van der Waals surface area contributed by atoms with Crippen molar-refractivity contribution in [3.63, 3.8) is 0 Å². The zero-order valence-electron chi connectivity index (χ0n) is 23.0. The summed E-state index contributed by atoms with van der Waals surface area (Å²) in [6, 6.07) is 12.6. The van der Waals surface area contributed by atoms with Gasteiger partial charge in [-0.2, -0.15) is 0 Å². The summed E-state index contributed by atoms with van der Waals surface area (Å²) in [6.07, 6.45) is -5.36.